The summed E-state index contributed by atoms with van der Waals surface area (Å²) in [4.78, 5) is 19.6. The molecule has 1 N–H and O–H groups in total. The van der Waals surface area contributed by atoms with Gasteiger partial charge in [0.05, 0.1) is 0 Å². The monoisotopic (exact) mass is 117 g/mol. The van der Waals surface area contributed by atoms with Crippen LogP contribution in [-0.2, 0) is 9.53 Å². The van der Waals surface area contributed by atoms with Crippen LogP contribution in [0.1, 0.15) is 0 Å². The van der Waals surface area contributed by atoms with Crippen LogP contribution in [0, 0.1) is 0 Å². The number of amides is 1. The van der Waals surface area contributed by atoms with E-state index in [1.807, 2.05) is 0 Å². The number of hydrogen-bond acceptors (Lipinski definition) is 3. The lowest BCUT2D eigenvalue weighted by molar-refractivity contribution is -0.110. The minimum Gasteiger partial charge on any atom is -0.442 e. The maximum absolute atomic E-state index is 10.1. The van der Waals surface area contributed by atoms with Crippen LogP contribution in [-0.4, -0.2) is 26.0 Å². The number of ether oxygens (including phenoxy) is 1. The maximum Gasteiger partial charge on any atom is 0.407 e. The highest BCUT2D eigenvalue weighted by molar-refractivity contribution is 5.68. The molecule has 8 heavy (non-hydrogen) atoms. The molecular formula is C4H7NO3. The van der Waals surface area contributed by atoms with E-state index in [9.17, 15) is 9.59 Å². The zero-order valence-electron chi connectivity index (χ0n) is 4.51. The number of aldehydes is 1. The van der Waals surface area contributed by atoms with Crippen LogP contribution in [0.2, 0.25) is 0 Å². The van der Waals surface area contributed by atoms with Crippen LogP contribution in [0.3, 0.4) is 0 Å². The molecular weight excluding hydrogens is 110 g/mol. The third-order valence-electron chi connectivity index (χ3n) is 0.487. The highest BCUT2D eigenvalue weighted by atomic mass is 16.5. The fraction of sp³-hybridized carbons (Fsp3) is 0.500. The van der Waals surface area contributed by atoms with Gasteiger partial charge in [0.2, 0.25) is 0 Å². The second kappa shape index (κ2) is 4.11. The lowest BCUT2D eigenvalue weighted by atomic mass is 10.8. The van der Waals surface area contributed by atoms with Crippen LogP contribution < -0.4 is 5.32 Å². The predicted molar refractivity (Wildman–Crippen MR) is 26.5 cm³/mol. The molecule has 0 bridgehead atoms. The van der Waals surface area contributed by atoms with Crippen LogP contribution in [0.15, 0.2) is 0 Å². The molecule has 0 rings (SSSR count). The number of carbonyl (C=O) groups excluding carboxylic acids is 2. The summed E-state index contributed by atoms with van der Waals surface area (Å²) in [6.07, 6.45) is -0.0769. The van der Waals surface area contributed by atoms with Gasteiger partial charge in [0.1, 0.15) is 6.61 Å². The van der Waals surface area contributed by atoms with Gasteiger partial charge in [-0.1, -0.05) is 0 Å². The molecule has 0 spiro atoms. The van der Waals surface area contributed by atoms with E-state index in [4.69, 9.17) is 0 Å². The SMILES string of the molecule is CNC(=O)OCC=O. The van der Waals surface area contributed by atoms with Crippen LogP contribution >= 0.6 is 0 Å². The predicted octanol–water partition coefficient (Wildman–Crippen LogP) is -0.459. The summed E-state index contributed by atoms with van der Waals surface area (Å²) in [5, 5.41) is 2.18. The zero-order chi connectivity index (χ0) is 6.41. The summed E-state index contributed by atoms with van der Waals surface area (Å²) in [5.41, 5.74) is 0. The molecule has 1 amide bonds. The van der Waals surface area contributed by atoms with Gasteiger partial charge in [-0.25, -0.2) is 4.79 Å². The lowest BCUT2D eigenvalue weighted by Crippen LogP contribution is -2.19. The van der Waals surface area contributed by atoms with E-state index in [2.05, 4.69) is 10.1 Å². The Bertz CT molecular complexity index is 91.3. The van der Waals surface area contributed by atoms with Crippen molar-refractivity contribution >= 4 is 12.4 Å². The van der Waals surface area contributed by atoms with Crippen molar-refractivity contribution in [2.45, 2.75) is 0 Å². The Morgan fingerprint density at radius 2 is 2.50 bits per heavy atom. The summed E-state index contributed by atoms with van der Waals surface area (Å²) in [5.74, 6) is 0. The molecule has 0 aliphatic carbocycles. The second-order valence-electron chi connectivity index (χ2n) is 1.02. The summed E-state index contributed by atoms with van der Waals surface area (Å²) >= 11 is 0. The van der Waals surface area contributed by atoms with Crippen molar-refractivity contribution in [3.63, 3.8) is 0 Å². The maximum atomic E-state index is 10.1. The quantitative estimate of drug-likeness (QED) is 0.498. The van der Waals surface area contributed by atoms with E-state index in [-0.39, 0.29) is 6.61 Å². The minimum atomic E-state index is -0.586. The number of nitrogens with one attached hydrogen (secondary N) is 1. The van der Waals surface area contributed by atoms with Gasteiger partial charge >= 0.3 is 6.09 Å². The number of carbonyl (C=O) groups is 2. The molecule has 0 saturated heterocycles. The van der Waals surface area contributed by atoms with E-state index in [0.29, 0.717) is 6.29 Å². The zero-order valence-corrected chi connectivity index (χ0v) is 4.51. The van der Waals surface area contributed by atoms with Crippen molar-refractivity contribution in [1.29, 1.82) is 0 Å². The molecule has 0 atom stereocenters. The van der Waals surface area contributed by atoms with Gasteiger partial charge in [-0.3, -0.25) is 4.79 Å². The minimum absolute atomic E-state index is 0.181. The summed E-state index contributed by atoms with van der Waals surface area (Å²) in [6, 6.07) is 0. The number of rotatable bonds is 2. The molecule has 0 aromatic heterocycles. The Balaban J connectivity index is 3.11. The second-order valence-corrected chi connectivity index (χ2v) is 1.02. The Labute approximate surface area is 46.8 Å². The average Bonchev–Trinajstić information content (AvgIpc) is 1.83. The Kier molecular flexibility index (Phi) is 3.56. The first-order valence-electron chi connectivity index (χ1n) is 2.09. The molecule has 0 saturated carbocycles. The molecule has 4 heteroatoms. The Morgan fingerprint density at radius 3 is 2.88 bits per heavy atom. The van der Waals surface area contributed by atoms with Crippen molar-refractivity contribution in [1.82, 2.24) is 5.32 Å². The number of hydrogen-bond donors (Lipinski definition) is 1. The first kappa shape index (κ1) is 6.94. The third-order valence-corrected chi connectivity index (χ3v) is 0.487. The molecule has 0 heterocycles. The molecule has 0 aliphatic rings. The summed E-state index contributed by atoms with van der Waals surface area (Å²) in [6.45, 7) is -0.181. The van der Waals surface area contributed by atoms with Gasteiger partial charge in [-0.05, 0) is 0 Å². The van der Waals surface area contributed by atoms with Crippen molar-refractivity contribution in [2.75, 3.05) is 13.7 Å². The Morgan fingerprint density at radius 1 is 1.88 bits per heavy atom. The first-order chi connectivity index (χ1) is 3.81. The highest BCUT2D eigenvalue weighted by Gasteiger charge is 1.92. The van der Waals surface area contributed by atoms with Gasteiger partial charge in [-0.2, -0.15) is 0 Å². The van der Waals surface area contributed by atoms with Crippen LogP contribution in [0.5, 0.6) is 0 Å². The molecule has 46 valence electrons. The van der Waals surface area contributed by atoms with Gasteiger partial charge in [0.15, 0.2) is 6.29 Å². The summed E-state index contributed by atoms with van der Waals surface area (Å²) in [7, 11) is 1.42. The third kappa shape index (κ3) is 3.14. The molecule has 0 fully saturated rings. The topological polar surface area (TPSA) is 55.4 Å². The van der Waals surface area contributed by atoms with Crippen LogP contribution in [0.4, 0.5) is 4.79 Å². The van der Waals surface area contributed by atoms with Crippen molar-refractivity contribution in [3.05, 3.63) is 0 Å². The van der Waals surface area contributed by atoms with Gasteiger partial charge < -0.3 is 10.1 Å². The normalized spacial score (nSPS) is 7.62. The standard InChI is InChI=1S/C4H7NO3/c1-5-4(7)8-3-2-6/h2H,3H2,1H3,(H,5,7). The molecule has 0 radical (unpaired) electrons. The number of alkyl carbamates (subject to hydrolysis) is 1. The van der Waals surface area contributed by atoms with Crippen molar-refractivity contribution < 1.29 is 14.3 Å². The van der Waals surface area contributed by atoms with Crippen molar-refractivity contribution in [3.8, 4) is 0 Å². The van der Waals surface area contributed by atoms with Gasteiger partial charge in [-0.15, -0.1) is 0 Å². The fourth-order valence-electron chi connectivity index (χ4n) is 0.182. The molecule has 0 unspecified atom stereocenters. The van der Waals surface area contributed by atoms with Gasteiger partial charge in [0, 0.05) is 7.05 Å². The van der Waals surface area contributed by atoms with E-state index in [1.165, 1.54) is 7.05 Å². The lowest BCUT2D eigenvalue weighted by Gasteiger charge is -1.95. The molecule has 0 aromatic carbocycles. The molecule has 0 aliphatic heterocycles. The smallest absolute Gasteiger partial charge is 0.407 e. The van der Waals surface area contributed by atoms with Crippen LogP contribution in [0.25, 0.3) is 0 Å². The van der Waals surface area contributed by atoms with Crippen molar-refractivity contribution in [2.24, 2.45) is 0 Å². The average molecular weight is 117 g/mol. The highest BCUT2D eigenvalue weighted by Crippen LogP contribution is 1.69. The van der Waals surface area contributed by atoms with E-state index >= 15 is 0 Å². The molecule has 0 aromatic rings. The Hall–Kier alpha value is -1.06. The van der Waals surface area contributed by atoms with Gasteiger partial charge in [0.25, 0.3) is 0 Å². The molecule has 4 nitrogen and oxygen atoms in total. The summed E-state index contributed by atoms with van der Waals surface area (Å²) < 4.78 is 4.22. The van der Waals surface area contributed by atoms with E-state index < -0.39 is 6.09 Å². The first-order valence-corrected chi connectivity index (χ1v) is 2.09. The van der Waals surface area contributed by atoms with E-state index in [0.717, 1.165) is 0 Å². The largest absolute Gasteiger partial charge is 0.442 e. The van der Waals surface area contributed by atoms with E-state index in [1.54, 1.807) is 0 Å². The fourth-order valence-corrected chi connectivity index (χ4v) is 0.182.